The molecule has 29 heavy (non-hydrogen) atoms. The lowest BCUT2D eigenvalue weighted by molar-refractivity contribution is -0.239. The maximum absolute atomic E-state index is 15.0. The van der Waals surface area contributed by atoms with Crippen LogP contribution in [0.25, 0.3) is 11.1 Å². The third kappa shape index (κ3) is 4.46. The Hall–Kier alpha value is -1.97. The number of benzene rings is 2. The summed E-state index contributed by atoms with van der Waals surface area (Å²) < 4.78 is 49.7. The standard InChI is InChI=1S/C23H25F3O.C2H6/c1-14-3-7-16(8-4-14)19-12-11-18-13-20(17-9-5-15(2)6-10-17)23(25,26)27-22(18)21(19)24;1-2/h3-4,7-8,11-12,15,17,20H,5-6,9-10,13H2,1-2H3;1-2H3. The molecule has 1 saturated carbocycles. The molecule has 1 fully saturated rings. The van der Waals surface area contributed by atoms with Crippen LogP contribution in [-0.4, -0.2) is 6.11 Å². The fraction of sp³-hybridized carbons (Fsp3) is 0.520. The first kappa shape index (κ1) is 21.7. The van der Waals surface area contributed by atoms with E-state index in [1.165, 1.54) is 0 Å². The molecule has 0 saturated heterocycles. The Bertz CT molecular complexity index is 821. The Morgan fingerprint density at radius 2 is 1.55 bits per heavy atom. The minimum absolute atomic E-state index is 0.0656. The van der Waals surface area contributed by atoms with Crippen LogP contribution in [0, 0.1) is 30.5 Å². The molecular formula is C25H31F3O. The number of hydrogen-bond donors (Lipinski definition) is 0. The highest BCUT2D eigenvalue weighted by Crippen LogP contribution is 2.48. The number of aryl methyl sites for hydroxylation is 1. The first-order valence-corrected chi connectivity index (χ1v) is 10.8. The summed E-state index contributed by atoms with van der Waals surface area (Å²) in [5.41, 5.74) is 2.58. The lowest BCUT2D eigenvalue weighted by atomic mass is 9.73. The normalized spacial score (nSPS) is 25.3. The highest BCUT2D eigenvalue weighted by Gasteiger charge is 2.51. The summed E-state index contributed by atoms with van der Waals surface area (Å²) in [6.45, 7) is 8.12. The zero-order valence-electron chi connectivity index (χ0n) is 17.8. The zero-order chi connectivity index (χ0) is 21.2. The van der Waals surface area contributed by atoms with Crippen molar-refractivity contribution in [1.82, 2.24) is 0 Å². The molecule has 1 atom stereocenters. The number of rotatable bonds is 2. The van der Waals surface area contributed by atoms with E-state index in [9.17, 15) is 8.78 Å². The third-order valence-electron chi connectivity index (χ3n) is 6.28. The quantitative estimate of drug-likeness (QED) is 0.496. The summed E-state index contributed by atoms with van der Waals surface area (Å²) in [4.78, 5) is 0. The molecule has 0 N–H and O–H groups in total. The van der Waals surface area contributed by atoms with Crippen molar-refractivity contribution in [3.05, 3.63) is 53.3 Å². The van der Waals surface area contributed by atoms with Crippen LogP contribution in [0.1, 0.15) is 57.6 Å². The average molecular weight is 405 g/mol. The minimum Gasteiger partial charge on any atom is -0.429 e. The summed E-state index contributed by atoms with van der Waals surface area (Å²) in [7, 11) is 0. The van der Waals surface area contributed by atoms with Gasteiger partial charge in [0.2, 0.25) is 0 Å². The minimum atomic E-state index is -3.33. The highest BCUT2D eigenvalue weighted by molar-refractivity contribution is 5.67. The highest BCUT2D eigenvalue weighted by atomic mass is 19.3. The molecule has 2 aliphatic rings. The van der Waals surface area contributed by atoms with Crippen LogP contribution < -0.4 is 4.74 Å². The topological polar surface area (TPSA) is 9.23 Å². The fourth-order valence-electron chi connectivity index (χ4n) is 4.52. The van der Waals surface area contributed by atoms with Crippen molar-refractivity contribution in [1.29, 1.82) is 0 Å². The molecule has 4 rings (SSSR count). The molecule has 1 aliphatic carbocycles. The molecule has 0 bridgehead atoms. The van der Waals surface area contributed by atoms with Crippen molar-refractivity contribution >= 4 is 0 Å². The summed E-state index contributed by atoms with van der Waals surface area (Å²) in [5.74, 6) is -1.31. The second-order valence-electron chi connectivity index (χ2n) is 8.28. The van der Waals surface area contributed by atoms with Crippen LogP contribution in [0.2, 0.25) is 0 Å². The van der Waals surface area contributed by atoms with Gasteiger partial charge < -0.3 is 4.74 Å². The fourth-order valence-corrected chi connectivity index (χ4v) is 4.52. The molecule has 0 spiro atoms. The number of ether oxygens (including phenoxy) is 1. The molecule has 0 aromatic heterocycles. The van der Waals surface area contributed by atoms with Gasteiger partial charge in [-0.1, -0.05) is 75.6 Å². The second kappa shape index (κ2) is 8.81. The average Bonchev–Trinajstić information content (AvgIpc) is 2.71. The number of alkyl halides is 2. The number of halogens is 3. The van der Waals surface area contributed by atoms with E-state index >= 15 is 4.39 Å². The van der Waals surface area contributed by atoms with Crippen LogP contribution in [0.3, 0.4) is 0 Å². The molecule has 2 aromatic rings. The summed E-state index contributed by atoms with van der Waals surface area (Å²) in [6.07, 6.45) is 0.390. The third-order valence-corrected chi connectivity index (χ3v) is 6.28. The van der Waals surface area contributed by atoms with Crippen LogP contribution in [0.4, 0.5) is 13.2 Å². The van der Waals surface area contributed by atoms with E-state index in [0.717, 1.165) is 31.2 Å². The lowest BCUT2D eigenvalue weighted by Gasteiger charge is -2.40. The summed E-state index contributed by atoms with van der Waals surface area (Å²) in [6, 6.07) is 10.8. The van der Waals surface area contributed by atoms with E-state index in [0.29, 0.717) is 22.6 Å². The van der Waals surface area contributed by atoms with E-state index in [1.807, 2.05) is 32.9 Å². The predicted molar refractivity (Wildman–Crippen MR) is 112 cm³/mol. The second-order valence-corrected chi connectivity index (χ2v) is 8.28. The van der Waals surface area contributed by atoms with Gasteiger partial charge in [-0.05, 0) is 49.1 Å². The monoisotopic (exact) mass is 404 g/mol. The maximum atomic E-state index is 15.0. The van der Waals surface area contributed by atoms with Crippen LogP contribution in [-0.2, 0) is 6.42 Å². The van der Waals surface area contributed by atoms with Gasteiger partial charge in [-0.25, -0.2) is 4.39 Å². The van der Waals surface area contributed by atoms with Crippen LogP contribution >= 0.6 is 0 Å². The molecule has 158 valence electrons. The molecule has 4 heteroatoms. The van der Waals surface area contributed by atoms with Crippen molar-refractivity contribution < 1.29 is 17.9 Å². The van der Waals surface area contributed by atoms with Gasteiger partial charge >= 0.3 is 6.11 Å². The molecule has 1 nitrogen and oxygen atoms in total. The van der Waals surface area contributed by atoms with E-state index in [1.54, 1.807) is 24.3 Å². The summed E-state index contributed by atoms with van der Waals surface area (Å²) >= 11 is 0. The van der Waals surface area contributed by atoms with Gasteiger partial charge in [0.25, 0.3) is 0 Å². The largest absolute Gasteiger partial charge is 0.429 e. The first-order valence-electron chi connectivity index (χ1n) is 10.8. The van der Waals surface area contributed by atoms with Gasteiger partial charge in [0.05, 0.1) is 5.92 Å². The molecule has 0 amide bonds. The Labute approximate surface area is 172 Å². The maximum Gasteiger partial charge on any atom is 0.401 e. The molecular weight excluding hydrogens is 373 g/mol. The molecule has 1 heterocycles. The Morgan fingerprint density at radius 1 is 0.931 bits per heavy atom. The van der Waals surface area contributed by atoms with E-state index in [-0.39, 0.29) is 18.1 Å². The number of fused-ring (bicyclic) bond motifs is 1. The molecule has 1 unspecified atom stereocenters. The number of hydrogen-bond acceptors (Lipinski definition) is 1. The molecule has 0 radical (unpaired) electrons. The van der Waals surface area contributed by atoms with E-state index in [2.05, 4.69) is 6.92 Å². The van der Waals surface area contributed by atoms with Gasteiger partial charge in [-0.3, -0.25) is 0 Å². The molecule has 2 aromatic carbocycles. The first-order chi connectivity index (χ1) is 13.8. The smallest absolute Gasteiger partial charge is 0.401 e. The molecule has 1 aliphatic heterocycles. The SMILES string of the molecule is CC.Cc1ccc(-c2ccc3c(c2F)OC(F)(F)C(C2CCC(C)CC2)C3)cc1. The summed E-state index contributed by atoms with van der Waals surface area (Å²) in [5, 5.41) is 0. The van der Waals surface area contributed by atoms with E-state index < -0.39 is 17.8 Å². The van der Waals surface area contributed by atoms with Crippen molar-refractivity contribution in [2.45, 2.75) is 65.9 Å². The van der Waals surface area contributed by atoms with Crippen molar-refractivity contribution in [2.75, 3.05) is 0 Å². The van der Waals surface area contributed by atoms with Crippen LogP contribution in [0.15, 0.2) is 36.4 Å². The Balaban J connectivity index is 0.00000117. The van der Waals surface area contributed by atoms with Crippen molar-refractivity contribution in [3.8, 4) is 16.9 Å². The van der Waals surface area contributed by atoms with Gasteiger partial charge in [0.1, 0.15) is 0 Å². The van der Waals surface area contributed by atoms with Crippen molar-refractivity contribution in [3.63, 3.8) is 0 Å². The van der Waals surface area contributed by atoms with Gasteiger partial charge in [-0.2, -0.15) is 8.78 Å². The lowest BCUT2D eigenvalue weighted by Crippen LogP contribution is -2.44. The van der Waals surface area contributed by atoms with Gasteiger partial charge in [-0.15, -0.1) is 0 Å². The van der Waals surface area contributed by atoms with Gasteiger partial charge in [0, 0.05) is 5.56 Å². The Kier molecular flexibility index (Phi) is 6.60. The zero-order valence-corrected chi connectivity index (χ0v) is 17.8. The predicted octanol–water partition coefficient (Wildman–Crippen LogP) is 7.80. The van der Waals surface area contributed by atoms with Crippen molar-refractivity contribution in [2.24, 2.45) is 17.8 Å². The van der Waals surface area contributed by atoms with Gasteiger partial charge in [0.15, 0.2) is 11.6 Å². The van der Waals surface area contributed by atoms with E-state index in [4.69, 9.17) is 4.74 Å². The Morgan fingerprint density at radius 3 is 2.17 bits per heavy atom. The van der Waals surface area contributed by atoms with Crippen LogP contribution in [0.5, 0.6) is 5.75 Å².